The predicted molar refractivity (Wildman–Crippen MR) is 282 cm³/mol. The highest BCUT2D eigenvalue weighted by atomic mass is 16.3. The molecule has 0 aliphatic rings. The van der Waals surface area contributed by atoms with Crippen molar-refractivity contribution in [3.05, 3.63) is 237 Å². The summed E-state index contributed by atoms with van der Waals surface area (Å²) in [5, 5.41) is 7.30. The van der Waals surface area contributed by atoms with Gasteiger partial charge in [0, 0.05) is 54.6 Å². The Morgan fingerprint density at radius 3 is 1.35 bits per heavy atom. The molecule has 14 aromatic rings. The van der Waals surface area contributed by atoms with E-state index in [1.54, 1.807) is 0 Å². The van der Waals surface area contributed by atoms with Crippen molar-refractivity contribution in [1.82, 2.24) is 14.4 Å². The summed E-state index contributed by atoms with van der Waals surface area (Å²) in [6.07, 6.45) is 0. The van der Waals surface area contributed by atoms with Crippen molar-refractivity contribution >= 4 is 60.0 Å². The van der Waals surface area contributed by atoms with Crippen LogP contribution in [0, 0.1) is 0 Å². The van der Waals surface area contributed by atoms with Gasteiger partial charge in [0.25, 0.3) is 0 Å². The summed E-state index contributed by atoms with van der Waals surface area (Å²) in [6, 6.07) is 84.5. The maximum atomic E-state index is 6.51. The number of aromatic nitrogens is 3. The lowest BCUT2D eigenvalue weighted by Gasteiger charge is -2.11. The van der Waals surface area contributed by atoms with Crippen LogP contribution in [0.2, 0.25) is 0 Å². The van der Waals surface area contributed by atoms with Gasteiger partial charge in [0.15, 0.2) is 5.82 Å². The van der Waals surface area contributed by atoms with Gasteiger partial charge < -0.3 is 8.82 Å². The molecule has 0 atom stereocenters. The first-order valence-corrected chi connectivity index (χ1v) is 23.1. The third kappa shape index (κ3) is 6.15. The highest BCUT2D eigenvalue weighted by molar-refractivity contribution is 6.24. The zero-order valence-corrected chi connectivity index (χ0v) is 36.8. The average Bonchev–Trinajstić information content (AvgIpc) is 4.08. The van der Waals surface area contributed by atoms with E-state index in [1.807, 2.05) is 18.2 Å². The molecule has 0 radical (unpaired) electrons. The van der Waals surface area contributed by atoms with Gasteiger partial charge in [-0.3, -0.25) is 0 Å². The van der Waals surface area contributed by atoms with Gasteiger partial charge in [-0.15, -0.1) is 0 Å². The van der Waals surface area contributed by atoms with Gasteiger partial charge in [-0.1, -0.05) is 194 Å². The fraction of sp³-hybridized carbons (Fsp3) is 0. The van der Waals surface area contributed by atoms with Crippen molar-refractivity contribution in [2.24, 2.45) is 0 Å². The lowest BCUT2D eigenvalue weighted by atomic mass is 9.95. The SMILES string of the molecule is c1ccc(-c2cc(-c3ccccc3)nc(-c3cccc(-c4cccc(-c5cccc(-c6ccc7c8cccc9c%10ccc(-c%11cccc%12c%11oc%11ccccc%11%12)cc%10n(c7c6)c89)c5)c4)c3)n2)cc1. The van der Waals surface area contributed by atoms with E-state index in [9.17, 15) is 0 Å². The Balaban J connectivity index is 0.839. The largest absolute Gasteiger partial charge is 0.455 e. The van der Waals surface area contributed by atoms with Crippen LogP contribution in [-0.4, -0.2) is 14.4 Å². The van der Waals surface area contributed by atoms with Crippen LogP contribution in [-0.2, 0) is 0 Å². The van der Waals surface area contributed by atoms with Gasteiger partial charge in [0.2, 0.25) is 0 Å². The predicted octanol–water partition coefficient (Wildman–Crippen LogP) is 17.2. The van der Waals surface area contributed by atoms with E-state index in [2.05, 4.69) is 223 Å². The van der Waals surface area contributed by atoms with E-state index < -0.39 is 0 Å². The minimum Gasteiger partial charge on any atom is -0.455 e. The molecule has 316 valence electrons. The van der Waals surface area contributed by atoms with Crippen molar-refractivity contribution < 1.29 is 4.42 Å². The number of furan rings is 1. The fourth-order valence-electron chi connectivity index (χ4n) is 10.5. The van der Waals surface area contributed by atoms with Crippen molar-refractivity contribution in [2.75, 3.05) is 0 Å². The molecule has 0 N–H and O–H groups in total. The molecule has 10 aromatic carbocycles. The molecule has 0 aliphatic heterocycles. The summed E-state index contributed by atoms with van der Waals surface area (Å²) in [4.78, 5) is 10.2. The molecule has 14 rings (SSSR count). The van der Waals surface area contributed by atoms with E-state index in [-0.39, 0.29) is 0 Å². The summed E-state index contributed by atoms with van der Waals surface area (Å²) in [5.41, 5.74) is 19.5. The third-order valence-electron chi connectivity index (χ3n) is 13.7. The van der Waals surface area contributed by atoms with Gasteiger partial charge in [-0.2, -0.15) is 0 Å². The first-order valence-electron chi connectivity index (χ1n) is 23.1. The molecular formula is C64H39N3O. The average molecular weight is 866 g/mol. The van der Waals surface area contributed by atoms with Gasteiger partial charge >= 0.3 is 0 Å². The van der Waals surface area contributed by atoms with E-state index >= 15 is 0 Å². The summed E-state index contributed by atoms with van der Waals surface area (Å²) in [7, 11) is 0. The summed E-state index contributed by atoms with van der Waals surface area (Å²) in [5.74, 6) is 0.697. The number of nitrogens with zero attached hydrogens (tertiary/aromatic N) is 3. The smallest absolute Gasteiger partial charge is 0.160 e. The monoisotopic (exact) mass is 865 g/mol. The second-order valence-electron chi connectivity index (χ2n) is 17.7. The number of fused-ring (bicyclic) bond motifs is 9. The topological polar surface area (TPSA) is 43.3 Å². The Kier molecular flexibility index (Phi) is 8.55. The maximum Gasteiger partial charge on any atom is 0.160 e. The molecule has 4 aromatic heterocycles. The van der Waals surface area contributed by atoms with Crippen LogP contribution in [0.25, 0.3) is 138 Å². The number of hydrogen-bond donors (Lipinski definition) is 0. The van der Waals surface area contributed by atoms with Crippen LogP contribution < -0.4 is 0 Å². The van der Waals surface area contributed by atoms with Crippen LogP contribution in [0.1, 0.15) is 0 Å². The normalized spacial score (nSPS) is 11.8. The Morgan fingerprint density at radius 2 is 0.735 bits per heavy atom. The fourth-order valence-corrected chi connectivity index (χ4v) is 10.5. The highest BCUT2D eigenvalue weighted by Crippen LogP contribution is 2.43. The quantitative estimate of drug-likeness (QED) is 0.160. The molecule has 0 saturated carbocycles. The lowest BCUT2D eigenvalue weighted by Crippen LogP contribution is -1.96. The highest BCUT2D eigenvalue weighted by Gasteiger charge is 2.20. The van der Waals surface area contributed by atoms with Crippen LogP contribution in [0.5, 0.6) is 0 Å². The van der Waals surface area contributed by atoms with E-state index in [0.29, 0.717) is 5.82 Å². The van der Waals surface area contributed by atoms with Crippen molar-refractivity contribution in [1.29, 1.82) is 0 Å². The van der Waals surface area contributed by atoms with Crippen molar-refractivity contribution in [3.8, 4) is 78.4 Å². The first kappa shape index (κ1) is 38.2. The molecule has 4 heterocycles. The summed E-state index contributed by atoms with van der Waals surface area (Å²) >= 11 is 0. The molecule has 0 spiro atoms. The third-order valence-corrected chi connectivity index (χ3v) is 13.7. The minimum absolute atomic E-state index is 0.697. The van der Waals surface area contributed by atoms with Gasteiger partial charge in [-0.05, 0) is 81.4 Å². The summed E-state index contributed by atoms with van der Waals surface area (Å²) < 4.78 is 8.99. The summed E-state index contributed by atoms with van der Waals surface area (Å²) in [6.45, 7) is 0. The lowest BCUT2D eigenvalue weighted by molar-refractivity contribution is 0.670. The van der Waals surface area contributed by atoms with E-state index in [0.717, 1.165) is 83.4 Å². The zero-order valence-electron chi connectivity index (χ0n) is 36.8. The van der Waals surface area contributed by atoms with Crippen molar-refractivity contribution in [2.45, 2.75) is 0 Å². The van der Waals surface area contributed by atoms with Crippen LogP contribution in [0.4, 0.5) is 0 Å². The van der Waals surface area contributed by atoms with Crippen LogP contribution in [0.3, 0.4) is 0 Å². The molecule has 0 saturated heterocycles. The van der Waals surface area contributed by atoms with Crippen LogP contribution >= 0.6 is 0 Å². The van der Waals surface area contributed by atoms with Crippen LogP contribution in [0.15, 0.2) is 241 Å². The molecule has 4 heteroatoms. The van der Waals surface area contributed by atoms with Crippen molar-refractivity contribution in [3.63, 3.8) is 0 Å². The second kappa shape index (κ2) is 15.2. The first-order chi connectivity index (χ1) is 33.7. The molecule has 0 fully saturated rings. The standard InChI is InChI=1S/C64H39N3O/c1-3-14-40(15-4-1)57-39-58(41-16-5-2-6-17-41)66-64(65-57)49-23-11-22-46(36-49)44-20-9-18-42(34-44)43-19-10-21-45(35-43)47-30-32-51-54-26-13-27-55-52-33-31-48(38-60(52)67(62(54)55)59(51)37-47)50-25-12-28-56-53-24-7-8-29-61(53)68-63(50)56/h1-39H. The molecular weight excluding hydrogens is 827 g/mol. The molecule has 0 aliphatic carbocycles. The Hall–Kier alpha value is -9.12. The Morgan fingerprint density at radius 1 is 0.294 bits per heavy atom. The molecule has 4 nitrogen and oxygen atoms in total. The second-order valence-corrected chi connectivity index (χ2v) is 17.7. The molecule has 0 unspecified atom stereocenters. The van der Waals surface area contributed by atoms with E-state index in [4.69, 9.17) is 14.4 Å². The Labute approximate surface area is 392 Å². The zero-order chi connectivity index (χ0) is 44.7. The number of benzene rings is 10. The van der Waals surface area contributed by atoms with Gasteiger partial charge in [0.1, 0.15) is 11.2 Å². The number of rotatable bonds is 7. The molecule has 0 bridgehead atoms. The molecule has 0 amide bonds. The minimum atomic E-state index is 0.697. The van der Waals surface area contributed by atoms with Gasteiger partial charge in [-0.25, -0.2) is 9.97 Å². The van der Waals surface area contributed by atoms with Gasteiger partial charge in [0.05, 0.1) is 27.9 Å². The van der Waals surface area contributed by atoms with E-state index in [1.165, 1.54) is 49.2 Å². The number of hydrogen-bond acceptors (Lipinski definition) is 3. The molecule has 68 heavy (non-hydrogen) atoms. The Bertz CT molecular complexity index is 4200. The maximum absolute atomic E-state index is 6.51. The number of para-hydroxylation sites is 3.